The predicted octanol–water partition coefficient (Wildman–Crippen LogP) is 1.71. The van der Waals surface area contributed by atoms with E-state index < -0.39 is 5.97 Å². The minimum absolute atomic E-state index is 0.0689. The summed E-state index contributed by atoms with van der Waals surface area (Å²) in [6.45, 7) is 0. The highest BCUT2D eigenvalue weighted by molar-refractivity contribution is 5.92. The monoisotopic (exact) mass is 177 g/mol. The van der Waals surface area contributed by atoms with Crippen molar-refractivity contribution in [2.75, 3.05) is 5.73 Å². The number of carboxylic acid groups (broad SMARTS) is 1. The molecule has 0 spiro atoms. The minimum atomic E-state index is -1.07. The summed E-state index contributed by atoms with van der Waals surface area (Å²) in [6.07, 6.45) is 0. The summed E-state index contributed by atoms with van der Waals surface area (Å²) in [6, 6.07) is 6.44. The lowest BCUT2D eigenvalue weighted by molar-refractivity contribution is 0.0665. The fraction of sp³-hybridized carbons (Fsp3) is 0. The molecule has 1 aromatic heterocycles. The van der Waals surface area contributed by atoms with Gasteiger partial charge in [0.15, 0.2) is 0 Å². The van der Waals surface area contributed by atoms with Gasteiger partial charge in [0.2, 0.25) is 5.76 Å². The summed E-state index contributed by atoms with van der Waals surface area (Å²) in [5.41, 5.74) is 6.64. The number of rotatable bonds is 1. The SMILES string of the molecule is Nc1ccc2oc(C(=O)O)cc2c1. The normalized spacial score (nSPS) is 10.5. The number of benzene rings is 1. The van der Waals surface area contributed by atoms with Crippen LogP contribution in [0.15, 0.2) is 28.7 Å². The minimum Gasteiger partial charge on any atom is -0.475 e. The first kappa shape index (κ1) is 7.67. The highest BCUT2D eigenvalue weighted by Crippen LogP contribution is 2.21. The Bertz CT molecular complexity index is 473. The average Bonchev–Trinajstić information content (AvgIpc) is 2.46. The molecule has 1 heterocycles. The van der Waals surface area contributed by atoms with Crippen LogP contribution in [0.25, 0.3) is 11.0 Å². The third-order valence-corrected chi connectivity index (χ3v) is 1.75. The van der Waals surface area contributed by atoms with Gasteiger partial charge in [-0.25, -0.2) is 4.79 Å². The van der Waals surface area contributed by atoms with Gasteiger partial charge in [-0.05, 0) is 24.3 Å². The Labute approximate surface area is 73.6 Å². The van der Waals surface area contributed by atoms with Crippen molar-refractivity contribution in [1.82, 2.24) is 0 Å². The standard InChI is InChI=1S/C9H7NO3/c10-6-1-2-7-5(3-6)4-8(13-7)9(11)12/h1-4H,10H2,(H,11,12). The van der Waals surface area contributed by atoms with Crippen LogP contribution in [0.5, 0.6) is 0 Å². The van der Waals surface area contributed by atoms with E-state index >= 15 is 0 Å². The third kappa shape index (κ3) is 1.22. The van der Waals surface area contributed by atoms with Gasteiger partial charge < -0.3 is 15.3 Å². The summed E-state index contributed by atoms with van der Waals surface area (Å²) < 4.78 is 5.03. The van der Waals surface area contributed by atoms with Crippen LogP contribution in [0.2, 0.25) is 0 Å². The topological polar surface area (TPSA) is 76.5 Å². The van der Waals surface area contributed by atoms with E-state index in [0.717, 1.165) is 0 Å². The molecular formula is C9H7NO3. The van der Waals surface area contributed by atoms with Gasteiger partial charge >= 0.3 is 5.97 Å². The molecule has 0 aliphatic carbocycles. The van der Waals surface area contributed by atoms with Crippen LogP contribution in [0.1, 0.15) is 10.6 Å². The zero-order chi connectivity index (χ0) is 9.42. The number of hydrogen-bond acceptors (Lipinski definition) is 3. The summed E-state index contributed by atoms with van der Waals surface area (Å²) in [7, 11) is 0. The molecule has 2 rings (SSSR count). The maximum atomic E-state index is 10.5. The molecule has 1 aromatic carbocycles. The molecule has 4 heteroatoms. The van der Waals surface area contributed by atoms with E-state index in [1.165, 1.54) is 6.07 Å². The smallest absolute Gasteiger partial charge is 0.371 e. The van der Waals surface area contributed by atoms with Gasteiger partial charge in [-0.2, -0.15) is 0 Å². The van der Waals surface area contributed by atoms with E-state index in [9.17, 15) is 4.79 Å². The summed E-state index contributed by atoms with van der Waals surface area (Å²) >= 11 is 0. The van der Waals surface area contributed by atoms with E-state index in [4.69, 9.17) is 15.3 Å². The van der Waals surface area contributed by atoms with Crippen molar-refractivity contribution in [3.63, 3.8) is 0 Å². The molecule has 0 aliphatic heterocycles. The molecule has 0 amide bonds. The fourth-order valence-electron chi connectivity index (χ4n) is 1.17. The second kappa shape index (κ2) is 2.52. The Balaban J connectivity index is 2.68. The number of nitrogen functional groups attached to an aromatic ring is 1. The largest absolute Gasteiger partial charge is 0.475 e. The lowest BCUT2D eigenvalue weighted by atomic mass is 10.2. The number of nitrogens with two attached hydrogens (primary N) is 1. The Hall–Kier alpha value is -1.97. The van der Waals surface area contributed by atoms with Crippen LogP contribution < -0.4 is 5.73 Å². The predicted molar refractivity (Wildman–Crippen MR) is 47.6 cm³/mol. The first-order valence-electron chi connectivity index (χ1n) is 3.69. The van der Waals surface area contributed by atoms with E-state index in [2.05, 4.69) is 0 Å². The van der Waals surface area contributed by atoms with Gasteiger partial charge in [0.25, 0.3) is 0 Å². The van der Waals surface area contributed by atoms with Crippen LogP contribution in [0, 0.1) is 0 Å². The molecule has 0 saturated heterocycles. The van der Waals surface area contributed by atoms with Crippen molar-refractivity contribution in [3.05, 3.63) is 30.0 Å². The average molecular weight is 177 g/mol. The Kier molecular flexibility index (Phi) is 1.48. The number of furan rings is 1. The van der Waals surface area contributed by atoms with Gasteiger partial charge in [0, 0.05) is 11.1 Å². The highest BCUT2D eigenvalue weighted by atomic mass is 16.4. The van der Waals surface area contributed by atoms with Crippen molar-refractivity contribution in [2.45, 2.75) is 0 Å². The Morgan fingerprint density at radius 1 is 1.38 bits per heavy atom. The van der Waals surface area contributed by atoms with Crippen molar-refractivity contribution in [2.24, 2.45) is 0 Å². The Morgan fingerprint density at radius 3 is 2.85 bits per heavy atom. The number of fused-ring (bicyclic) bond motifs is 1. The van der Waals surface area contributed by atoms with E-state index in [0.29, 0.717) is 16.7 Å². The molecule has 0 fully saturated rings. The van der Waals surface area contributed by atoms with Gasteiger partial charge in [0.05, 0.1) is 0 Å². The zero-order valence-corrected chi connectivity index (χ0v) is 6.65. The van der Waals surface area contributed by atoms with Gasteiger partial charge in [-0.15, -0.1) is 0 Å². The molecule has 66 valence electrons. The fourth-order valence-corrected chi connectivity index (χ4v) is 1.17. The molecule has 0 radical (unpaired) electrons. The quantitative estimate of drug-likeness (QED) is 0.650. The number of carboxylic acids is 1. The first-order chi connectivity index (χ1) is 6.16. The lowest BCUT2D eigenvalue weighted by Gasteiger charge is -1.89. The summed E-state index contributed by atoms with van der Waals surface area (Å²) in [5, 5.41) is 9.34. The molecule has 0 saturated carbocycles. The summed E-state index contributed by atoms with van der Waals surface area (Å²) in [4.78, 5) is 10.5. The van der Waals surface area contributed by atoms with Crippen molar-refractivity contribution < 1.29 is 14.3 Å². The lowest BCUT2D eigenvalue weighted by Crippen LogP contribution is -1.91. The first-order valence-corrected chi connectivity index (χ1v) is 3.69. The number of anilines is 1. The zero-order valence-electron chi connectivity index (χ0n) is 6.65. The van der Waals surface area contributed by atoms with Crippen LogP contribution in [-0.4, -0.2) is 11.1 Å². The van der Waals surface area contributed by atoms with Crippen LogP contribution in [0.4, 0.5) is 5.69 Å². The number of aromatic carboxylic acids is 1. The van der Waals surface area contributed by atoms with Crippen LogP contribution >= 0.6 is 0 Å². The van der Waals surface area contributed by atoms with Crippen LogP contribution in [0.3, 0.4) is 0 Å². The molecule has 3 N–H and O–H groups in total. The molecule has 0 aliphatic rings. The second-order valence-electron chi connectivity index (χ2n) is 2.71. The van der Waals surface area contributed by atoms with Gasteiger partial charge in [-0.3, -0.25) is 0 Å². The second-order valence-corrected chi connectivity index (χ2v) is 2.71. The van der Waals surface area contributed by atoms with Gasteiger partial charge in [-0.1, -0.05) is 0 Å². The maximum Gasteiger partial charge on any atom is 0.371 e. The molecule has 0 unspecified atom stereocenters. The van der Waals surface area contributed by atoms with Gasteiger partial charge in [0.1, 0.15) is 5.58 Å². The Morgan fingerprint density at radius 2 is 2.15 bits per heavy atom. The van der Waals surface area contributed by atoms with Crippen molar-refractivity contribution in [1.29, 1.82) is 0 Å². The highest BCUT2D eigenvalue weighted by Gasteiger charge is 2.09. The molecule has 0 atom stereocenters. The third-order valence-electron chi connectivity index (χ3n) is 1.75. The molecule has 13 heavy (non-hydrogen) atoms. The van der Waals surface area contributed by atoms with E-state index in [1.54, 1.807) is 18.2 Å². The van der Waals surface area contributed by atoms with Crippen LogP contribution in [-0.2, 0) is 0 Å². The molecular weight excluding hydrogens is 170 g/mol. The van der Waals surface area contributed by atoms with E-state index in [1.807, 2.05) is 0 Å². The maximum absolute atomic E-state index is 10.5. The van der Waals surface area contributed by atoms with E-state index in [-0.39, 0.29) is 5.76 Å². The number of carbonyl (C=O) groups is 1. The van der Waals surface area contributed by atoms with Crippen molar-refractivity contribution in [3.8, 4) is 0 Å². The summed E-state index contributed by atoms with van der Waals surface area (Å²) in [5.74, 6) is -1.14. The number of hydrogen-bond donors (Lipinski definition) is 2. The molecule has 2 aromatic rings. The van der Waals surface area contributed by atoms with Crippen molar-refractivity contribution >= 4 is 22.6 Å². The molecule has 4 nitrogen and oxygen atoms in total. The molecule has 0 bridgehead atoms.